The Bertz CT molecular complexity index is 506. The molecule has 1 atom stereocenters. The van der Waals surface area contributed by atoms with E-state index < -0.39 is 0 Å². The van der Waals surface area contributed by atoms with E-state index in [9.17, 15) is 0 Å². The first-order valence-corrected chi connectivity index (χ1v) is 8.65. The molecule has 1 saturated carbocycles. The average molecular weight is 305 g/mol. The van der Waals surface area contributed by atoms with E-state index in [4.69, 9.17) is 9.47 Å². The molecule has 5 heteroatoms. The van der Waals surface area contributed by atoms with Gasteiger partial charge in [-0.3, -0.25) is 9.58 Å². The van der Waals surface area contributed by atoms with E-state index in [2.05, 4.69) is 16.2 Å². The molecule has 22 heavy (non-hydrogen) atoms. The first-order chi connectivity index (χ1) is 10.7. The van der Waals surface area contributed by atoms with Crippen LogP contribution in [0.25, 0.3) is 0 Å². The van der Waals surface area contributed by atoms with Crippen LogP contribution in [0.15, 0.2) is 12.4 Å². The molecule has 3 fully saturated rings. The molecule has 3 heterocycles. The molecule has 3 aliphatic rings. The van der Waals surface area contributed by atoms with Gasteiger partial charge in [0.15, 0.2) is 0 Å². The van der Waals surface area contributed by atoms with Crippen LogP contribution in [-0.4, -0.2) is 53.2 Å². The van der Waals surface area contributed by atoms with E-state index in [-0.39, 0.29) is 5.60 Å². The van der Waals surface area contributed by atoms with Gasteiger partial charge in [0.1, 0.15) is 0 Å². The van der Waals surface area contributed by atoms with Crippen LogP contribution in [0.1, 0.15) is 31.2 Å². The molecule has 0 radical (unpaired) electrons. The van der Waals surface area contributed by atoms with Gasteiger partial charge in [0.25, 0.3) is 0 Å². The Hall–Kier alpha value is -0.910. The Labute approximate surface area is 132 Å². The molecule has 0 aromatic carbocycles. The molecule has 0 amide bonds. The maximum atomic E-state index is 6.13. The van der Waals surface area contributed by atoms with E-state index in [1.807, 2.05) is 17.9 Å². The van der Waals surface area contributed by atoms with Crippen LogP contribution in [-0.2, 0) is 23.1 Å². The SMILES string of the molecule is Cn1cc(CN2CC3(C2)OCCC3CCOCC2CC2)cn1. The molecule has 122 valence electrons. The number of nitrogens with zero attached hydrogens (tertiary/aromatic N) is 3. The van der Waals surface area contributed by atoms with Gasteiger partial charge in [-0.05, 0) is 37.5 Å². The summed E-state index contributed by atoms with van der Waals surface area (Å²) in [5.74, 6) is 1.55. The second kappa shape index (κ2) is 5.95. The Balaban J connectivity index is 1.23. The van der Waals surface area contributed by atoms with Crippen molar-refractivity contribution < 1.29 is 9.47 Å². The zero-order valence-electron chi connectivity index (χ0n) is 13.5. The topological polar surface area (TPSA) is 39.5 Å². The molecule has 5 nitrogen and oxygen atoms in total. The summed E-state index contributed by atoms with van der Waals surface area (Å²) in [5.41, 5.74) is 1.41. The van der Waals surface area contributed by atoms with Gasteiger partial charge < -0.3 is 9.47 Å². The normalized spacial score (nSPS) is 27.4. The average Bonchev–Trinajstić information content (AvgIpc) is 3.06. The van der Waals surface area contributed by atoms with E-state index in [0.717, 1.165) is 51.8 Å². The van der Waals surface area contributed by atoms with Gasteiger partial charge in [-0.2, -0.15) is 5.10 Å². The van der Waals surface area contributed by atoms with Gasteiger partial charge in [0.05, 0.1) is 11.8 Å². The minimum Gasteiger partial charge on any atom is -0.381 e. The number of hydrogen-bond donors (Lipinski definition) is 0. The molecule has 1 aliphatic carbocycles. The lowest BCUT2D eigenvalue weighted by Gasteiger charge is -2.50. The third-order valence-corrected chi connectivity index (χ3v) is 5.41. The molecule has 4 rings (SSSR count). The van der Waals surface area contributed by atoms with Gasteiger partial charge in [-0.25, -0.2) is 0 Å². The first-order valence-electron chi connectivity index (χ1n) is 8.65. The van der Waals surface area contributed by atoms with Crippen molar-refractivity contribution in [2.75, 3.05) is 32.9 Å². The summed E-state index contributed by atoms with van der Waals surface area (Å²) in [6.45, 7) is 5.94. The Kier molecular flexibility index (Phi) is 3.96. The summed E-state index contributed by atoms with van der Waals surface area (Å²) in [4.78, 5) is 2.47. The third-order valence-electron chi connectivity index (χ3n) is 5.41. The zero-order valence-corrected chi connectivity index (χ0v) is 13.5. The molecular weight excluding hydrogens is 278 g/mol. The number of aryl methyl sites for hydroxylation is 1. The number of aromatic nitrogens is 2. The van der Waals surface area contributed by atoms with Crippen LogP contribution in [0.2, 0.25) is 0 Å². The molecular formula is C17H27N3O2. The Morgan fingerprint density at radius 3 is 2.95 bits per heavy atom. The van der Waals surface area contributed by atoms with Crippen molar-refractivity contribution in [3.05, 3.63) is 18.0 Å². The van der Waals surface area contributed by atoms with Crippen molar-refractivity contribution in [3.8, 4) is 0 Å². The van der Waals surface area contributed by atoms with E-state index in [1.54, 1.807) is 0 Å². The highest BCUT2D eigenvalue weighted by Gasteiger charge is 2.52. The van der Waals surface area contributed by atoms with Crippen LogP contribution in [0, 0.1) is 11.8 Å². The van der Waals surface area contributed by atoms with Crippen molar-refractivity contribution in [1.29, 1.82) is 0 Å². The highest BCUT2D eigenvalue weighted by molar-refractivity contribution is 5.10. The fourth-order valence-corrected chi connectivity index (χ4v) is 3.94. The smallest absolute Gasteiger partial charge is 0.0964 e. The maximum Gasteiger partial charge on any atom is 0.0964 e. The molecule has 1 aromatic heterocycles. The van der Waals surface area contributed by atoms with Gasteiger partial charge in [0, 0.05) is 58.3 Å². The molecule has 0 N–H and O–H groups in total. The number of likely N-dealkylation sites (tertiary alicyclic amines) is 1. The predicted octanol–water partition coefficient (Wildman–Crippen LogP) is 1.83. The largest absolute Gasteiger partial charge is 0.381 e. The highest BCUT2D eigenvalue weighted by atomic mass is 16.5. The number of rotatable bonds is 7. The van der Waals surface area contributed by atoms with Gasteiger partial charge >= 0.3 is 0 Å². The Morgan fingerprint density at radius 2 is 2.23 bits per heavy atom. The van der Waals surface area contributed by atoms with Crippen LogP contribution in [0.5, 0.6) is 0 Å². The summed E-state index contributed by atoms with van der Waals surface area (Å²) in [6, 6.07) is 0. The highest BCUT2D eigenvalue weighted by Crippen LogP contribution is 2.42. The first kappa shape index (κ1) is 14.7. The quantitative estimate of drug-likeness (QED) is 0.721. The summed E-state index contributed by atoms with van der Waals surface area (Å²) < 4.78 is 13.8. The molecule has 1 unspecified atom stereocenters. The van der Waals surface area contributed by atoms with E-state index >= 15 is 0 Å². The summed E-state index contributed by atoms with van der Waals surface area (Å²) >= 11 is 0. The van der Waals surface area contributed by atoms with Crippen molar-refractivity contribution in [1.82, 2.24) is 14.7 Å². The predicted molar refractivity (Wildman–Crippen MR) is 83.4 cm³/mol. The lowest BCUT2D eigenvalue weighted by Crippen LogP contribution is -2.64. The molecule has 2 aliphatic heterocycles. The summed E-state index contributed by atoms with van der Waals surface area (Å²) in [6.07, 6.45) is 9.17. The summed E-state index contributed by atoms with van der Waals surface area (Å²) in [7, 11) is 1.97. The van der Waals surface area contributed by atoms with Crippen molar-refractivity contribution in [2.24, 2.45) is 18.9 Å². The maximum absolute atomic E-state index is 6.13. The number of hydrogen-bond acceptors (Lipinski definition) is 4. The van der Waals surface area contributed by atoms with Crippen molar-refractivity contribution in [3.63, 3.8) is 0 Å². The molecule has 0 bridgehead atoms. The van der Waals surface area contributed by atoms with Gasteiger partial charge in [-0.1, -0.05) is 0 Å². The van der Waals surface area contributed by atoms with Gasteiger partial charge in [-0.15, -0.1) is 0 Å². The van der Waals surface area contributed by atoms with E-state index in [0.29, 0.717) is 5.92 Å². The minimum absolute atomic E-state index is 0.116. The van der Waals surface area contributed by atoms with Crippen LogP contribution >= 0.6 is 0 Å². The molecule has 1 spiro atoms. The minimum atomic E-state index is 0.116. The monoisotopic (exact) mass is 305 g/mol. The van der Waals surface area contributed by atoms with Crippen molar-refractivity contribution >= 4 is 0 Å². The zero-order chi connectivity index (χ0) is 15.0. The van der Waals surface area contributed by atoms with Crippen LogP contribution in [0.3, 0.4) is 0 Å². The van der Waals surface area contributed by atoms with Crippen molar-refractivity contribution in [2.45, 2.75) is 37.8 Å². The molecule has 1 aromatic rings. The fraction of sp³-hybridized carbons (Fsp3) is 0.824. The van der Waals surface area contributed by atoms with Crippen LogP contribution < -0.4 is 0 Å². The second-order valence-corrected chi connectivity index (χ2v) is 7.37. The van der Waals surface area contributed by atoms with Gasteiger partial charge in [0.2, 0.25) is 0 Å². The van der Waals surface area contributed by atoms with Crippen LogP contribution in [0.4, 0.5) is 0 Å². The fourth-order valence-electron chi connectivity index (χ4n) is 3.94. The van der Waals surface area contributed by atoms with E-state index in [1.165, 1.54) is 24.8 Å². The number of ether oxygens (including phenoxy) is 2. The Morgan fingerprint density at radius 1 is 1.36 bits per heavy atom. The lowest BCUT2D eigenvalue weighted by molar-refractivity contribution is -0.139. The third kappa shape index (κ3) is 3.07. The lowest BCUT2D eigenvalue weighted by atomic mass is 9.79. The molecule has 2 saturated heterocycles. The second-order valence-electron chi connectivity index (χ2n) is 7.37. The standard InChI is InChI=1S/C17H27N3O2/c1-19-9-15(8-18-19)10-20-12-17(13-20)16(5-7-22-17)4-6-21-11-14-2-3-14/h8-9,14,16H,2-7,10-13H2,1H3. The summed E-state index contributed by atoms with van der Waals surface area (Å²) in [5, 5.41) is 4.24.